The second kappa shape index (κ2) is 12.5. The summed E-state index contributed by atoms with van der Waals surface area (Å²) in [5, 5.41) is 1.13. The maximum absolute atomic E-state index is 13.7. The number of amides is 6. The molecule has 3 heterocycles. The predicted octanol–water partition coefficient (Wildman–Crippen LogP) is 3.03. The minimum absolute atomic E-state index is 0.229. The number of nitrogens with zero attached hydrogens (tertiary/aromatic N) is 4. The number of hydrogen-bond donors (Lipinski definition) is 0. The molecule has 10 nitrogen and oxygen atoms in total. The summed E-state index contributed by atoms with van der Waals surface area (Å²) < 4.78 is 0. The Morgan fingerprint density at radius 1 is 0.667 bits per heavy atom. The highest BCUT2D eigenvalue weighted by Crippen LogP contribution is 2.41. The quantitative estimate of drug-likeness (QED) is 0.385. The average molecular weight is 622 g/mol. The van der Waals surface area contributed by atoms with E-state index in [0.29, 0.717) is 61.4 Å². The molecule has 42 heavy (non-hydrogen) atoms. The molecule has 0 radical (unpaired) electrons. The lowest BCUT2D eigenvalue weighted by Gasteiger charge is -2.39. The molecule has 0 aromatic rings. The fourth-order valence-electron chi connectivity index (χ4n) is 7.16. The standard InChI is InChI=1S/C30H38Cl2N4O6/c1-3-5-23(35-25(37)19-9-7-17(31)15-21(19)27(35)39)29(41)33-11-13-34(14-12-33)30(42)24(6-4-2)36-26(38)20-10-8-18(32)16-22(20)28(36)40/h7-8,19-24H,3-6,9-16H2,1-2H3. The number of halogens is 2. The molecule has 0 aromatic carbocycles. The first-order valence-electron chi connectivity index (χ1n) is 15.1. The molecule has 2 aliphatic carbocycles. The van der Waals surface area contributed by atoms with Gasteiger partial charge in [0.1, 0.15) is 12.1 Å². The molecule has 6 amide bonds. The fraction of sp³-hybridized carbons (Fsp3) is 0.667. The average Bonchev–Trinajstić information content (AvgIpc) is 3.37. The highest BCUT2D eigenvalue weighted by molar-refractivity contribution is 6.30. The van der Waals surface area contributed by atoms with Crippen molar-refractivity contribution in [2.45, 2.75) is 77.3 Å². The van der Waals surface area contributed by atoms with Crippen molar-refractivity contribution < 1.29 is 28.8 Å². The van der Waals surface area contributed by atoms with Gasteiger partial charge in [-0.2, -0.15) is 0 Å². The third-order valence-corrected chi connectivity index (χ3v) is 10.0. The van der Waals surface area contributed by atoms with Crippen molar-refractivity contribution in [1.29, 1.82) is 0 Å². The zero-order valence-corrected chi connectivity index (χ0v) is 25.6. The highest BCUT2D eigenvalue weighted by Gasteiger charge is 2.54. The number of rotatable bonds is 8. The molecule has 3 fully saturated rings. The number of carbonyl (C=O) groups excluding carboxylic acids is 6. The zero-order chi connectivity index (χ0) is 30.3. The lowest BCUT2D eigenvalue weighted by atomic mass is 9.85. The van der Waals surface area contributed by atoms with E-state index in [9.17, 15) is 28.8 Å². The van der Waals surface area contributed by atoms with Gasteiger partial charge in [-0.1, -0.05) is 62.0 Å². The van der Waals surface area contributed by atoms with Crippen molar-refractivity contribution in [1.82, 2.24) is 19.6 Å². The van der Waals surface area contributed by atoms with Crippen LogP contribution < -0.4 is 0 Å². The topological polar surface area (TPSA) is 115 Å². The van der Waals surface area contributed by atoms with Gasteiger partial charge in [-0.25, -0.2) is 0 Å². The lowest BCUT2D eigenvalue weighted by Crippen LogP contribution is -2.59. The molecule has 6 atom stereocenters. The molecular weight excluding hydrogens is 583 g/mol. The van der Waals surface area contributed by atoms with E-state index >= 15 is 0 Å². The monoisotopic (exact) mass is 620 g/mol. The van der Waals surface area contributed by atoms with Crippen LogP contribution in [-0.4, -0.2) is 93.3 Å². The number of hydrogen-bond acceptors (Lipinski definition) is 6. The Hall–Kier alpha value is -2.72. The smallest absolute Gasteiger partial charge is 0.245 e. The number of piperazine rings is 1. The molecule has 3 aliphatic heterocycles. The molecule has 0 bridgehead atoms. The summed E-state index contributed by atoms with van der Waals surface area (Å²) >= 11 is 12.3. The van der Waals surface area contributed by atoms with Gasteiger partial charge >= 0.3 is 0 Å². The van der Waals surface area contributed by atoms with Crippen molar-refractivity contribution in [2.75, 3.05) is 26.2 Å². The van der Waals surface area contributed by atoms with Crippen LogP contribution in [0, 0.1) is 23.7 Å². The minimum atomic E-state index is -0.891. The number of fused-ring (bicyclic) bond motifs is 2. The van der Waals surface area contributed by atoms with E-state index in [1.807, 2.05) is 13.8 Å². The van der Waals surface area contributed by atoms with Crippen molar-refractivity contribution >= 4 is 58.6 Å². The first kappa shape index (κ1) is 30.7. The second-order valence-electron chi connectivity index (χ2n) is 12.0. The van der Waals surface area contributed by atoms with Gasteiger partial charge in [0.2, 0.25) is 35.4 Å². The molecular formula is C30H38Cl2N4O6. The Balaban J connectivity index is 1.25. The van der Waals surface area contributed by atoms with E-state index < -0.39 is 35.8 Å². The van der Waals surface area contributed by atoms with Crippen LogP contribution in [0.15, 0.2) is 22.2 Å². The van der Waals surface area contributed by atoms with E-state index in [-0.39, 0.29) is 61.6 Å². The predicted molar refractivity (Wildman–Crippen MR) is 155 cm³/mol. The first-order valence-corrected chi connectivity index (χ1v) is 15.8. The van der Waals surface area contributed by atoms with E-state index in [1.165, 1.54) is 9.80 Å². The normalized spacial score (nSPS) is 29.3. The van der Waals surface area contributed by atoms with Gasteiger partial charge < -0.3 is 9.80 Å². The van der Waals surface area contributed by atoms with E-state index in [2.05, 4.69) is 0 Å². The maximum Gasteiger partial charge on any atom is 0.245 e. The van der Waals surface area contributed by atoms with Crippen LogP contribution in [0.5, 0.6) is 0 Å². The number of likely N-dealkylation sites (tertiary alicyclic amines) is 2. The molecule has 5 rings (SSSR count). The largest absolute Gasteiger partial charge is 0.337 e. The highest BCUT2D eigenvalue weighted by atomic mass is 35.5. The molecule has 228 valence electrons. The molecule has 12 heteroatoms. The Labute approximate surface area is 256 Å². The minimum Gasteiger partial charge on any atom is -0.337 e. The van der Waals surface area contributed by atoms with Gasteiger partial charge in [-0.15, -0.1) is 0 Å². The summed E-state index contributed by atoms with van der Waals surface area (Å²) in [5.41, 5.74) is 0. The van der Waals surface area contributed by atoms with Gasteiger partial charge in [0.05, 0.1) is 23.7 Å². The molecule has 0 spiro atoms. The van der Waals surface area contributed by atoms with Gasteiger partial charge in [0.25, 0.3) is 0 Å². The number of imide groups is 2. The van der Waals surface area contributed by atoms with Crippen LogP contribution in [0.25, 0.3) is 0 Å². The third-order valence-electron chi connectivity index (χ3n) is 9.43. The number of carbonyl (C=O) groups is 6. The fourth-order valence-corrected chi connectivity index (χ4v) is 7.67. The van der Waals surface area contributed by atoms with Crippen LogP contribution in [-0.2, 0) is 28.8 Å². The van der Waals surface area contributed by atoms with E-state index in [4.69, 9.17) is 23.2 Å². The third kappa shape index (κ3) is 5.41. The summed E-state index contributed by atoms with van der Waals surface area (Å²) in [6.45, 7) is 4.73. The van der Waals surface area contributed by atoms with Crippen LogP contribution in [0.3, 0.4) is 0 Å². The Bertz CT molecular complexity index is 1150. The van der Waals surface area contributed by atoms with Gasteiger partial charge in [0, 0.05) is 36.2 Å². The Morgan fingerprint density at radius 2 is 1.00 bits per heavy atom. The Morgan fingerprint density at radius 3 is 1.33 bits per heavy atom. The molecule has 0 aromatic heterocycles. The van der Waals surface area contributed by atoms with Crippen LogP contribution in [0.4, 0.5) is 0 Å². The summed E-state index contributed by atoms with van der Waals surface area (Å²) in [6.07, 6.45) is 6.90. The summed E-state index contributed by atoms with van der Waals surface area (Å²) in [4.78, 5) is 86.2. The molecule has 5 aliphatic rings. The first-order chi connectivity index (χ1) is 20.1. The van der Waals surface area contributed by atoms with Crippen LogP contribution in [0.1, 0.15) is 65.2 Å². The van der Waals surface area contributed by atoms with Crippen LogP contribution >= 0.6 is 23.2 Å². The SMILES string of the molecule is CCCC(C(=O)N1CCN(C(=O)C(CCC)N2C(=O)C3CC=C(Cl)CC3C2=O)CC1)N1C(=O)C2CC=C(Cl)CC2C1=O. The molecule has 0 N–H and O–H groups in total. The van der Waals surface area contributed by atoms with Crippen molar-refractivity contribution in [2.24, 2.45) is 23.7 Å². The van der Waals surface area contributed by atoms with E-state index in [1.54, 1.807) is 22.0 Å². The van der Waals surface area contributed by atoms with Gasteiger partial charge in [-0.3, -0.25) is 38.6 Å². The Kier molecular flexibility index (Phi) is 9.13. The summed E-state index contributed by atoms with van der Waals surface area (Å²) in [6, 6.07) is -1.78. The second-order valence-corrected chi connectivity index (χ2v) is 12.9. The number of allylic oxidation sites excluding steroid dienone is 4. The zero-order valence-electron chi connectivity index (χ0n) is 24.1. The molecule has 6 unspecified atom stereocenters. The summed E-state index contributed by atoms with van der Waals surface area (Å²) in [5.74, 6) is -3.92. The van der Waals surface area contributed by atoms with Crippen molar-refractivity contribution in [3.63, 3.8) is 0 Å². The lowest BCUT2D eigenvalue weighted by molar-refractivity contribution is -0.156. The molecule has 0 saturated carbocycles. The van der Waals surface area contributed by atoms with E-state index in [0.717, 1.165) is 0 Å². The van der Waals surface area contributed by atoms with Gasteiger partial charge in [-0.05, 0) is 38.5 Å². The summed E-state index contributed by atoms with van der Waals surface area (Å²) in [7, 11) is 0. The molecule has 3 saturated heterocycles. The maximum atomic E-state index is 13.7. The van der Waals surface area contributed by atoms with Gasteiger partial charge in [0.15, 0.2) is 0 Å². The van der Waals surface area contributed by atoms with Crippen molar-refractivity contribution in [3.05, 3.63) is 22.2 Å². The van der Waals surface area contributed by atoms with Crippen molar-refractivity contribution in [3.8, 4) is 0 Å². The van der Waals surface area contributed by atoms with Crippen LogP contribution in [0.2, 0.25) is 0 Å².